The van der Waals surface area contributed by atoms with Crippen molar-refractivity contribution < 1.29 is 0 Å². The molecule has 56 valence electrons. The van der Waals surface area contributed by atoms with Crippen molar-refractivity contribution in [2.75, 3.05) is 0 Å². The van der Waals surface area contributed by atoms with Gasteiger partial charge in [0.05, 0.1) is 0 Å². The summed E-state index contributed by atoms with van der Waals surface area (Å²) < 4.78 is 0. The van der Waals surface area contributed by atoms with Crippen molar-refractivity contribution in [2.24, 2.45) is 4.99 Å². The van der Waals surface area contributed by atoms with Crippen molar-refractivity contribution in [1.29, 1.82) is 0 Å². The molecule has 1 aliphatic heterocycles. The molecule has 0 aromatic carbocycles. The smallest absolute Gasteiger partial charge is 0.0259 e. The number of hydrogen-bond donors (Lipinski definition) is 0. The van der Waals surface area contributed by atoms with Crippen molar-refractivity contribution in [2.45, 2.75) is 39.5 Å². The van der Waals surface area contributed by atoms with Gasteiger partial charge in [0, 0.05) is 11.9 Å². The Labute approximate surface area is 62.9 Å². The van der Waals surface area contributed by atoms with Gasteiger partial charge in [-0.1, -0.05) is 18.9 Å². The molecule has 0 aromatic rings. The highest BCUT2D eigenvalue weighted by Crippen LogP contribution is 2.16. The highest BCUT2D eigenvalue weighted by Gasteiger charge is 2.02. The molecule has 0 bridgehead atoms. The van der Waals surface area contributed by atoms with Crippen LogP contribution >= 0.6 is 0 Å². The summed E-state index contributed by atoms with van der Waals surface area (Å²) in [5.41, 5.74) is 2.80. The minimum atomic E-state index is 1.17. The summed E-state index contributed by atoms with van der Waals surface area (Å²) in [5.74, 6) is 0. The summed E-state index contributed by atoms with van der Waals surface area (Å²) in [4.78, 5) is 4.28. The molecule has 0 atom stereocenters. The number of nitrogens with zero attached hydrogens (tertiary/aromatic N) is 1. The number of aliphatic imine (C=N–C) groups is 1. The third-order valence-electron chi connectivity index (χ3n) is 1.85. The van der Waals surface area contributed by atoms with E-state index in [0.717, 1.165) is 0 Å². The molecular formula is C9H15N. The minimum absolute atomic E-state index is 1.17. The average molecular weight is 137 g/mol. The van der Waals surface area contributed by atoms with E-state index in [2.05, 4.69) is 18.8 Å². The van der Waals surface area contributed by atoms with Crippen LogP contribution in [-0.4, -0.2) is 5.71 Å². The molecule has 10 heavy (non-hydrogen) atoms. The molecule has 0 aliphatic carbocycles. The number of allylic oxidation sites excluding steroid dienone is 1. The molecule has 1 rings (SSSR count). The standard InChI is InChI=1S/C9H15N/c1-3-4-9-6-5-8(2)10-7-9/h7H,3-6H2,1-2H3. The lowest BCUT2D eigenvalue weighted by Gasteiger charge is -2.09. The SMILES string of the molecule is CCCC1=CN=C(C)CC1. The van der Waals surface area contributed by atoms with Gasteiger partial charge in [-0.25, -0.2) is 0 Å². The fourth-order valence-corrected chi connectivity index (χ4v) is 1.18. The maximum Gasteiger partial charge on any atom is 0.0259 e. The fraction of sp³-hybridized carbons (Fsp3) is 0.667. The first-order valence-electron chi connectivity index (χ1n) is 4.04. The zero-order chi connectivity index (χ0) is 7.40. The molecule has 0 radical (unpaired) electrons. The largest absolute Gasteiger partial charge is 0.266 e. The van der Waals surface area contributed by atoms with Crippen LogP contribution in [0.3, 0.4) is 0 Å². The molecule has 1 aliphatic rings. The van der Waals surface area contributed by atoms with Crippen molar-refractivity contribution in [3.8, 4) is 0 Å². The molecule has 0 N–H and O–H groups in total. The van der Waals surface area contributed by atoms with Crippen LogP contribution in [0.5, 0.6) is 0 Å². The van der Waals surface area contributed by atoms with Crippen LogP contribution in [0, 0.1) is 0 Å². The van der Waals surface area contributed by atoms with Gasteiger partial charge in [0.15, 0.2) is 0 Å². The highest BCUT2D eigenvalue weighted by molar-refractivity contribution is 5.83. The van der Waals surface area contributed by atoms with Crippen LogP contribution in [0.1, 0.15) is 39.5 Å². The third-order valence-corrected chi connectivity index (χ3v) is 1.85. The zero-order valence-corrected chi connectivity index (χ0v) is 6.85. The van der Waals surface area contributed by atoms with E-state index in [1.54, 1.807) is 0 Å². The summed E-state index contributed by atoms with van der Waals surface area (Å²) in [6.07, 6.45) is 6.94. The molecule has 0 fully saturated rings. The Morgan fingerprint density at radius 1 is 1.50 bits per heavy atom. The van der Waals surface area contributed by atoms with Gasteiger partial charge in [0.2, 0.25) is 0 Å². The topological polar surface area (TPSA) is 12.4 Å². The lowest BCUT2D eigenvalue weighted by atomic mass is 10.0. The van der Waals surface area contributed by atoms with Gasteiger partial charge in [-0.05, 0) is 26.2 Å². The van der Waals surface area contributed by atoms with Crippen molar-refractivity contribution >= 4 is 5.71 Å². The van der Waals surface area contributed by atoms with Gasteiger partial charge in [-0.2, -0.15) is 0 Å². The number of rotatable bonds is 2. The maximum atomic E-state index is 4.28. The summed E-state index contributed by atoms with van der Waals surface area (Å²) in [6, 6.07) is 0. The van der Waals surface area contributed by atoms with Gasteiger partial charge < -0.3 is 0 Å². The average Bonchev–Trinajstić information content (AvgIpc) is 1.95. The van der Waals surface area contributed by atoms with Crippen LogP contribution in [-0.2, 0) is 0 Å². The first-order valence-corrected chi connectivity index (χ1v) is 4.04. The molecule has 0 amide bonds. The second kappa shape index (κ2) is 3.55. The van der Waals surface area contributed by atoms with Crippen LogP contribution in [0.15, 0.2) is 16.8 Å². The first-order chi connectivity index (χ1) is 4.83. The van der Waals surface area contributed by atoms with Gasteiger partial charge in [-0.3, -0.25) is 4.99 Å². The molecule has 1 heterocycles. The minimum Gasteiger partial charge on any atom is -0.266 e. The van der Waals surface area contributed by atoms with E-state index in [-0.39, 0.29) is 0 Å². The van der Waals surface area contributed by atoms with Crippen molar-refractivity contribution in [3.63, 3.8) is 0 Å². The van der Waals surface area contributed by atoms with Crippen molar-refractivity contribution in [3.05, 3.63) is 11.8 Å². The summed E-state index contributed by atoms with van der Waals surface area (Å²) >= 11 is 0. The Hall–Kier alpha value is -0.590. The van der Waals surface area contributed by atoms with Crippen LogP contribution in [0.25, 0.3) is 0 Å². The summed E-state index contributed by atoms with van der Waals surface area (Å²) in [5, 5.41) is 0. The number of hydrogen-bond acceptors (Lipinski definition) is 1. The lowest BCUT2D eigenvalue weighted by molar-refractivity contribution is 0.823. The molecule has 1 nitrogen and oxygen atoms in total. The molecule has 1 heteroatoms. The predicted octanol–water partition coefficient (Wildman–Crippen LogP) is 2.93. The Morgan fingerprint density at radius 2 is 2.30 bits per heavy atom. The van der Waals surface area contributed by atoms with E-state index in [1.807, 2.05) is 6.20 Å². The molecule has 0 saturated carbocycles. The Bertz CT molecular complexity index is 162. The normalized spacial score (nSPS) is 18.2. The fourth-order valence-electron chi connectivity index (χ4n) is 1.18. The van der Waals surface area contributed by atoms with Gasteiger partial charge >= 0.3 is 0 Å². The summed E-state index contributed by atoms with van der Waals surface area (Å²) in [7, 11) is 0. The van der Waals surface area contributed by atoms with Crippen LogP contribution in [0.2, 0.25) is 0 Å². The lowest BCUT2D eigenvalue weighted by Crippen LogP contribution is -1.97. The van der Waals surface area contributed by atoms with E-state index in [9.17, 15) is 0 Å². The first kappa shape index (κ1) is 7.52. The molecule has 0 unspecified atom stereocenters. The predicted molar refractivity (Wildman–Crippen MR) is 45.3 cm³/mol. The Kier molecular flexibility index (Phi) is 2.67. The molecule has 0 spiro atoms. The second-order valence-electron chi connectivity index (χ2n) is 2.90. The molecule has 0 saturated heterocycles. The van der Waals surface area contributed by atoms with Crippen LogP contribution in [0.4, 0.5) is 0 Å². The molecule has 0 aromatic heterocycles. The zero-order valence-electron chi connectivity index (χ0n) is 6.85. The second-order valence-corrected chi connectivity index (χ2v) is 2.90. The summed E-state index contributed by atoms with van der Waals surface area (Å²) in [6.45, 7) is 4.31. The van der Waals surface area contributed by atoms with Crippen molar-refractivity contribution in [1.82, 2.24) is 0 Å². The van der Waals surface area contributed by atoms with Crippen LogP contribution < -0.4 is 0 Å². The van der Waals surface area contributed by atoms with E-state index in [4.69, 9.17) is 0 Å². The molecular weight excluding hydrogens is 122 g/mol. The third kappa shape index (κ3) is 1.98. The van der Waals surface area contributed by atoms with Gasteiger partial charge in [0.25, 0.3) is 0 Å². The monoisotopic (exact) mass is 137 g/mol. The maximum absolute atomic E-state index is 4.28. The van der Waals surface area contributed by atoms with E-state index < -0.39 is 0 Å². The quantitative estimate of drug-likeness (QED) is 0.555. The Balaban J connectivity index is 2.47. The van der Waals surface area contributed by atoms with E-state index in [0.29, 0.717) is 0 Å². The van der Waals surface area contributed by atoms with Gasteiger partial charge in [-0.15, -0.1) is 0 Å². The van der Waals surface area contributed by atoms with E-state index in [1.165, 1.54) is 37.0 Å². The van der Waals surface area contributed by atoms with E-state index >= 15 is 0 Å². The van der Waals surface area contributed by atoms with Gasteiger partial charge in [0.1, 0.15) is 0 Å². The Morgan fingerprint density at radius 3 is 2.80 bits per heavy atom. The highest BCUT2D eigenvalue weighted by atomic mass is 14.7.